The molecule has 0 aliphatic rings. The van der Waals surface area contributed by atoms with Crippen LogP contribution in [0, 0.1) is 11.8 Å². The minimum absolute atomic E-state index is 0.463. The van der Waals surface area contributed by atoms with Gasteiger partial charge in [0.15, 0.2) is 11.7 Å². The lowest BCUT2D eigenvalue weighted by Crippen LogP contribution is -2.25. The lowest BCUT2D eigenvalue weighted by Gasteiger charge is -2.24. The predicted octanol–water partition coefficient (Wildman–Crippen LogP) is 5.54. The van der Waals surface area contributed by atoms with Gasteiger partial charge in [0.2, 0.25) is 0 Å². The molecular formula is C24H18Cl2O3. The van der Waals surface area contributed by atoms with E-state index in [9.17, 15) is 9.90 Å². The molecule has 3 nitrogen and oxygen atoms in total. The number of hydrogen-bond donors (Lipinski definition) is 1. The summed E-state index contributed by atoms with van der Waals surface area (Å²) in [5.41, 5.74) is 0.130. The monoisotopic (exact) mass is 424 g/mol. The molecule has 0 spiro atoms. The van der Waals surface area contributed by atoms with Crippen LogP contribution in [0.5, 0.6) is 0 Å². The molecule has 0 bridgehead atoms. The number of carbonyl (C=O) groups excluding carboxylic acids is 1. The average molecular weight is 425 g/mol. The normalized spacial score (nSPS) is 11.9. The fourth-order valence-corrected chi connectivity index (χ4v) is 3.09. The summed E-state index contributed by atoms with van der Waals surface area (Å²) in [7, 11) is 0. The summed E-state index contributed by atoms with van der Waals surface area (Å²) in [4.78, 5) is 11.6. The first-order valence-electron chi connectivity index (χ1n) is 8.88. The van der Waals surface area contributed by atoms with Crippen LogP contribution in [0.3, 0.4) is 0 Å². The molecule has 29 heavy (non-hydrogen) atoms. The lowest BCUT2D eigenvalue weighted by atomic mass is 9.86. The van der Waals surface area contributed by atoms with Gasteiger partial charge < -0.3 is 9.84 Å². The van der Waals surface area contributed by atoms with Crippen LogP contribution in [0.4, 0.5) is 0 Å². The third-order valence-electron chi connectivity index (χ3n) is 4.29. The van der Waals surface area contributed by atoms with Crippen LogP contribution in [-0.4, -0.2) is 11.1 Å². The van der Waals surface area contributed by atoms with E-state index in [1.165, 1.54) is 6.92 Å². The van der Waals surface area contributed by atoms with Crippen LogP contribution >= 0.6 is 23.2 Å². The predicted molar refractivity (Wildman–Crippen MR) is 115 cm³/mol. The Morgan fingerprint density at radius 3 is 1.83 bits per heavy atom. The molecule has 1 N–H and O–H groups in total. The molecular weight excluding hydrogens is 407 g/mol. The second kappa shape index (κ2) is 9.15. The smallest absolute Gasteiger partial charge is 0.304 e. The van der Waals surface area contributed by atoms with E-state index in [0.717, 1.165) is 0 Å². The van der Waals surface area contributed by atoms with Gasteiger partial charge in [-0.3, -0.25) is 4.79 Å². The average Bonchev–Trinajstić information content (AvgIpc) is 2.72. The summed E-state index contributed by atoms with van der Waals surface area (Å²) in [5.74, 6) is 5.38. The lowest BCUT2D eigenvalue weighted by molar-refractivity contribution is -0.144. The highest BCUT2D eigenvalue weighted by Gasteiger charge is 2.30. The number of benzene rings is 3. The Morgan fingerprint density at radius 1 is 0.897 bits per heavy atom. The minimum Gasteiger partial charge on any atom is -0.444 e. The van der Waals surface area contributed by atoms with Crippen LogP contribution in [0.2, 0.25) is 10.0 Å². The van der Waals surface area contributed by atoms with Gasteiger partial charge >= 0.3 is 5.97 Å². The van der Waals surface area contributed by atoms with Crippen molar-refractivity contribution in [2.45, 2.75) is 18.6 Å². The topological polar surface area (TPSA) is 46.5 Å². The Balaban J connectivity index is 2.10. The number of rotatable bonds is 4. The maximum absolute atomic E-state index is 11.6. The molecule has 0 aliphatic carbocycles. The van der Waals surface area contributed by atoms with Crippen molar-refractivity contribution in [3.8, 4) is 11.8 Å². The van der Waals surface area contributed by atoms with E-state index in [0.29, 0.717) is 26.7 Å². The number of esters is 1. The van der Waals surface area contributed by atoms with Crippen molar-refractivity contribution in [3.05, 3.63) is 106 Å². The number of carbonyl (C=O) groups is 1. The van der Waals surface area contributed by atoms with Crippen molar-refractivity contribution in [1.82, 2.24) is 0 Å². The Hall–Kier alpha value is -2.77. The zero-order valence-electron chi connectivity index (χ0n) is 15.6. The number of ether oxygens (including phenoxy) is 1. The van der Waals surface area contributed by atoms with E-state index >= 15 is 0 Å². The molecule has 5 heteroatoms. The molecule has 1 atom stereocenters. The van der Waals surface area contributed by atoms with E-state index in [-0.39, 0.29) is 0 Å². The molecule has 1 unspecified atom stereocenters. The van der Waals surface area contributed by atoms with Gasteiger partial charge in [-0.15, -0.1) is 0 Å². The summed E-state index contributed by atoms with van der Waals surface area (Å²) in [6, 6.07) is 22.7. The van der Waals surface area contributed by atoms with Crippen molar-refractivity contribution in [1.29, 1.82) is 0 Å². The van der Waals surface area contributed by atoms with Gasteiger partial charge in [0.1, 0.15) is 0 Å². The molecule has 3 aromatic carbocycles. The Bertz CT molecular complexity index is 988. The molecule has 146 valence electrons. The summed E-state index contributed by atoms with van der Waals surface area (Å²) < 4.78 is 5.38. The van der Waals surface area contributed by atoms with E-state index < -0.39 is 17.7 Å². The first-order chi connectivity index (χ1) is 13.9. The Morgan fingerprint density at radius 2 is 1.38 bits per heavy atom. The van der Waals surface area contributed by atoms with Crippen LogP contribution in [0.25, 0.3) is 0 Å². The summed E-state index contributed by atoms with van der Waals surface area (Å²) in [5, 5.41) is 12.7. The molecule has 3 aromatic rings. The van der Waals surface area contributed by atoms with Crippen molar-refractivity contribution in [2.75, 3.05) is 0 Å². The second-order valence-corrected chi connectivity index (χ2v) is 7.27. The van der Waals surface area contributed by atoms with Crippen molar-refractivity contribution in [2.24, 2.45) is 0 Å². The zero-order chi connectivity index (χ0) is 20.9. The summed E-state index contributed by atoms with van der Waals surface area (Å²) in [6.45, 7) is 1.32. The quantitative estimate of drug-likeness (QED) is 0.441. The van der Waals surface area contributed by atoms with Crippen molar-refractivity contribution >= 4 is 29.2 Å². The second-order valence-electron chi connectivity index (χ2n) is 6.39. The van der Waals surface area contributed by atoms with Crippen LogP contribution in [0.15, 0.2) is 78.9 Å². The maximum Gasteiger partial charge on any atom is 0.304 e. The highest BCUT2D eigenvalue weighted by Crippen LogP contribution is 2.31. The molecule has 0 amide bonds. The summed E-state index contributed by atoms with van der Waals surface area (Å²) >= 11 is 12.0. The van der Waals surface area contributed by atoms with Gasteiger partial charge in [-0.05, 0) is 30.2 Å². The van der Waals surface area contributed by atoms with Gasteiger partial charge in [-0.1, -0.05) is 83.7 Å². The molecule has 3 rings (SSSR count). The highest BCUT2D eigenvalue weighted by atomic mass is 35.5. The van der Waals surface area contributed by atoms with Gasteiger partial charge in [-0.2, -0.15) is 0 Å². The Labute approximate surface area is 179 Å². The van der Waals surface area contributed by atoms with Crippen LogP contribution in [-0.2, 0) is 15.1 Å². The fourth-order valence-electron chi connectivity index (χ4n) is 2.84. The fraction of sp³-hybridized carbons (Fsp3) is 0.125. The molecule has 0 radical (unpaired) electrons. The molecule has 0 saturated heterocycles. The van der Waals surface area contributed by atoms with E-state index in [4.69, 9.17) is 27.9 Å². The number of halogens is 2. The van der Waals surface area contributed by atoms with Gasteiger partial charge in [0.25, 0.3) is 0 Å². The summed E-state index contributed by atoms with van der Waals surface area (Å²) in [6.07, 6.45) is -0.820. The molecule has 0 heterocycles. The first-order valence-corrected chi connectivity index (χ1v) is 9.63. The third kappa shape index (κ3) is 5.19. The molecule has 0 aromatic heterocycles. The van der Waals surface area contributed by atoms with Gasteiger partial charge in [0, 0.05) is 33.7 Å². The standard InChI is InChI=1S/C24H18Cl2O3/c1-17(27)29-23(18-5-3-2-4-6-18)15-16-24(28,19-7-11-21(25)12-8-19)20-9-13-22(26)14-10-20/h2-14,23,28H,1H3. The van der Waals surface area contributed by atoms with Crippen molar-refractivity contribution < 1.29 is 14.6 Å². The molecule has 0 aliphatic heterocycles. The first kappa shape index (κ1) is 21.0. The molecule has 0 fully saturated rings. The van der Waals surface area contributed by atoms with Crippen LogP contribution in [0.1, 0.15) is 29.7 Å². The maximum atomic E-state index is 11.6. The largest absolute Gasteiger partial charge is 0.444 e. The number of hydrogen-bond acceptors (Lipinski definition) is 3. The van der Waals surface area contributed by atoms with E-state index in [2.05, 4.69) is 11.8 Å². The van der Waals surface area contributed by atoms with Crippen molar-refractivity contribution in [3.63, 3.8) is 0 Å². The highest BCUT2D eigenvalue weighted by molar-refractivity contribution is 6.30. The zero-order valence-corrected chi connectivity index (χ0v) is 17.1. The van der Waals surface area contributed by atoms with E-state index in [1.807, 2.05) is 30.3 Å². The van der Waals surface area contributed by atoms with Gasteiger partial charge in [0.05, 0.1) is 0 Å². The van der Waals surface area contributed by atoms with Gasteiger partial charge in [-0.25, -0.2) is 0 Å². The van der Waals surface area contributed by atoms with E-state index in [1.54, 1.807) is 48.5 Å². The Kier molecular flexibility index (Phi) is 6.61. The SMILES string of the molecule is CC(=O)OC(C#CC(O)(c1ccc(Cl)cc1)c1ccc(Cl)cc1)c1ccccc1. The molecule has 0 saturated carbocycles. The van der Waals surface area contributed by atoms with Crippen LogP contribution < -0.4 is 0 Å². The minimum atomic E-state index is -1.65. The number of aliphatic hydroxyl groups is 1. The third-order valence-corrected chi connectivity index (χ3v) is 4.80.